The first kappa shape index (κ1) is 12.9. The molecule has 4 heteroatoms. The lowest BCUT2D eigenvalue weighted by molar-refractivity contribution is 0.0872. The van der Waals surface area contributed by atoms with E-state index in [1.165, 1.54) is 25.8 Å². The molecule has 0 bridgehead atoms. The summed E-state index contributed by atoms with van der Waals surface area (Å²) in [6.07, 6.45) is 5.98. The first-order chi connectivity index (χ1) is 9.15. The fourth-order valence-electron chi connectivity index (χ4n) is 3.33. The summed E-state index contributed by atoms with van der Waals surface area (Å²) < 4.78 is 0. The number of piperidine rings is 1. The van der Waals surface area contributed by atoms with E-state index in [1.54, 1.807) is 0 Å². The topological polar surface area (TPSA) is 32.3 Å². The van der Waals surface area contributed by atoms with Crippen LogP contribution < -0.4 is 4.90 Å². The van der Waals surface area contributed by atoms with Crippen LogP contribution in [-0.4, -0.2) is 46.6 Å². The second kappa shape index (κ2) is 5.08. The molecule has 3 rings (SSSR count). The maximum Gasteiger partial charge on any atom is 0.150 e. The third-order valence-corrected chi connectivity index (χ3v) is 4.54. The van der Waals surface area contributed by atoms with E-state index in [2.05, 4.69) is 33.6 Å². The van der Waals surface area contributed by atoms with Crippen LogP contribution in [0.5, 0.6) is 0 Å². The van der Waals surface area contributed by atoms with Gasteiger partial charge in [-0.15, -0.1) is 0 Å². The van der Waals surface area contributed by atoms with Crippen molar-refractivity contribution in [3.8, 4) is 0 Å². The Balaban J connectivity index is 1.64. The molecule has 3 heterocycles. The monoisotopic (exact) mass is 260 g/mol. The van der Waals surface area contributed by atoms with Crippen molar-refractivity contribution in [2.75, 3.05) is 24.5 Å². The average Bonchev–Trinajstić information content (AvgIpc) is 2.34. The molecule has 1 aromatic heterocycles. The number of nitrogens with zero attached hydrogens (tertiary/aromatic N) is 4. The number of rotatable bonds is 2. The second-order valence-electron chi connectivity index (χ2n) is 6.06. The first-order valence-electron chi connectivity index (χ1n) is 7.46. The summed E-state index contributed by atoms with van der Waals surface area (Å²) in [5.41, 5.74) is 2.06. The Morgan fingerprint density at radius 2 is 2.00 bits per heavy atom. The maximum atomic E-state index is 4.64. The van der Waals surface area contributed by atoms with Crippen LogP contribution in [0.2, 0.25) is 0 Å². The van der Waals surface area contributed by atoms with Gasteiger partial charge in [-0.05, 0) is 40.2 Å². The third-order valence-electron chi connectivity index (χ3n) is 4.54. The number of hydrogen-bond acceptors (Lipinski definition) is 4. The Labute approximate surface area is 115 Å². The van der Waals surface area contributed by atoms with E-state index in [-0.39, 0.29) is 0 Å². The van der Waals surface area contributed by atoms with Gasteiger partial charge in [0.2, 0.25) is 0 Å². The van der Waals surface area contributed by atoms with Crippen LogP contribution in [-0.2, 0) is 0 Å². The highest BCUT2D eigenvalue weighted by Crippen LogP contribution is 2.28. The van der Waals surface area contributed by atoms with Gasteiger partial charge in [0.1, 0.15) is 5.82 Å². The summed E-state index contributed by atoms with van der Waals surface area (Å²) in [6.45, 7) is 9.95. The number of hydrogen-bond donors (Lipinski definition) is 0. The van der Waals surface area contributed by atoms with E-state index >= 15 is 0 Å². The summed E-state index contributed by atoms with van der Waals surface area (Å²) in [6, 6.07) is 1.47. The molecular formula is C15H24N4. The van der Waals surface area contributed by atoms with Crippen molar-refractivity contribution in [2.45, 2.75) is 52.1 Å². The van der Waals surface area contributed by atoms with E-state index in [9.17, 15) is 0 Å². The molecule has 2 fully saturated rings. The molecule has 0 N–H and O–H groups in total. The van der Waals surface area contributed by atoms with Gasteiger partial charge in [-0.3, -0.25) is 9.88 Å². The van der Waals surface area contributed by atoms with Crippen LogP contribution in [0.25, 0.3) is 0 Å². The molecule has 0 spiro atoms. The number of aromatic nitrogens is 2. The van der Waals surface area contributed by atoms with Gasteiger partial charge in [0.05, 0.1) is 11.4 Å². The van der Waals surface area contributed by atoms with Crippen LogP contribution in [0.3, 0.4) is 0 Å². The maximum absolute atomic E-state index is 4.64. The largest absolute Gasteiger partial charge is 0.352 e. The zero-order valence-corrected chi connectivity index (χ0v) is 12.3. The molecule has 1 aromatic rings. The van der Waals surface area contributed by atoms with E-state index in [0.717, 1.165) is 42.4 Å². The van der Waals surface area contributed by atoms with Gasteiger partial charge in [-0.25, -0.2) is 4.98 Å². The van der Waals surface area contributed by atoms with E-state index < -0.39 is 0 Å². The SMILES string of the molecule is Cc1cnc(C)c(N2CC(N3CCCC[C@H]3C)C2)n1. The van der Waals surface area contributed by atoms with Crippen LogP contribution in [0.15, 0.2) is 6.20 Å². The number of likely N-dealkylation sites (tertiary alicyclic amines) is 1. The van der Waals surface area contributed by atoms with Gasteiger partial charge in [0.25, 0.3) is 0 Å². The quantitative estimate of drug-likeness (QED) is 0.815. The lowest BCUT2D eigenvalue weighted by Crippen LogP contribution is -2.62. The highest BCUT2D eigenvalue weighted by molar-refractivity contribution is 5.46. The highest BCUT2D eigenvalue weighted by Gasteiger charge is 2.36. The Hall–Kier alpha value is -1.16. The van der Waals surface area contributed by atoms with Crippen molar-refractivity contribution in [2.24, 2.45) is 0 Å². The normalized spacial score (nSPS) is 25.4. The molecule has 4 nitrogen and oxygen atoms in total. The Morgan fingerprint density at radius 3 is 2.74 bits per heavy atom. The van der Waals surface area contributed by atoms with Gasteiger partial charge < -0.3 is 4.90 Å². The Morgan fingerprint density at radius 1 is 1.21 bits per heavy atom. The van der Waals surface area contributed by atoms with E-state index in [1.807, 2.05) is 13.1 Å². The summed E-state index contributed by atoms with van der Waals surface area (Å²) in [5, 5.41) is 0. The molecule has 0 unspecified atom stereocenters. The summed E-state index contributed by atoms with van der Waals surface area (Å²) in [5.74, 6) is 1.08. The predicted octanol–water partition coefficient (Wildman–Crippen LogP) is 2.16. The fourth-order valence-corrected chi connectivity index (χ4v) is 3.33. The molecule has 0 saturated carbocycles. The summed E-state index contributed by atoms with van der Waals surface area (Å²) in [4.78, 5) is 14.1. The van der Waals surface area contributed by atoms with Crippen LogP contribution in [0, 0.1) is 13.8 Å². The second-order valence-corrected chi connectivity index (χ2v) is 6.06. The van der Waals surface area contributed by atoms with Crippen molar-refractivity contribution >= 4 is 5.82 Å². The number of anilines is 1. The lowest BCUT2D eigenvalue weighted by atomic mass is 9.97. The minimum Gasteiger partial charge on any atom is -0.352 e. The van der Waals surface area contributed by atoms with Crippen molar-refractivity contribution in [3.05, 3.63) is 17.6 Å². The molecule has 0 amide bonds. The minimum atomic E-state index is 0.719. The average molecular weight is 260 g/mol. The molecule has 104 valence electrons. The zero-order valence-electron chi connectivity index (χ0n) is 12.3. The molecule has 1 atom stereocenters. The molecule has 19 heavy (non-hydrogen) atoms. The summed E-state index contributed by atoms with van der Waals surface area (Å²) in [7, 11) is 0. The Kier molecular flexibility index (Phi) is 3.44. The van der Waals surface area contributed by atoms with Crippen molar-refractivity contribution < 1.29 is 0 Å². The fraction of sp³-hybridized carbons (Fsp3) is 0.733. The van der Waals surface area contributed by atoms with E-state index in [4.69, 9.17) is 0 Å². The smallest absolute Gasteiger partial charge is 0.150 e. The molecule has 2 aliphatic rings. The molecular weight excluding hydrogens is 236 g/mol. The van der Waals surface area contributed by atoms with Gasteiger partial charge in [-0.2, -0.15) is 0 Å². The van der Waals surface area contributed by atoms with Crippen LogP contribution in [0.1, 0.15) is 37.6 Å². The van der Waals surface area contributed by atoms with E-state index in [0.29, 0.717) is 0 Å². The molecule has 0 aliphatic carbocycles. The zero-order chi connectivity index (χ0) is 13.4. The van der Waals surface area contributed by atoms with Gasteiger partial charge in [-0.1, -0.05) is 6.42 Å². The minimum absolute atomic E-state index is 0.719. The molecule has 0 radical (unpaired) electrons. The molecule has 2 aliphatic heterocycles. The van der Waals surface area contributed by atoms with Crippen LogP contribution in [0.4, 0.5) is 5.82 Å². The summed E-state index contributed by atoms with van der Waals surface area (Å²) >= 11 is 0. The molecule has 2 saturated heterocycles. The van der Waals surface area contributed by atoms with Gasteiger partial charge in [0, 0.05) is 31.4 Å². The first-order valence-corrected chi connectivity index (χ1v) is 7.46. The third kappa shape index (κ3) is 2.46. The van der Waals surface area contributed by atoms with Gasteiger partial charge in [0.15, 0.2) is 0 Å². The predicted molar refractivity (Wildman–Crippen MR) is 77.5 cm³/mol. The highest BCUT2D eigenvalue weighted by atomic mass is 15.3. The molecule has 0 aromatic carbocycles. The lowest BCUT2D eigenvalue weighted by Gasteiger charge is -2.49. The standard InChI is InChI=1S/C15H24N4/c1-11-8-16-13(3)15(17-11)18-9-14(10-18)19-7-5-4-6-12(19)2/h8,12,14H,4-7,9-10H2,1-3H3/t12-/m1/s1. The van der Waals surface area contributed by atoms with Gasteiger partial charge >= 0.3 is 0 Å². The van der Waals surface area contributed by atoms with Crippen molar-refractivity contribution in [3.63, 3.8) is 0 Å². The van der Waals surface area contributed by atoms with Crippen molar-refractivity contribution in [1.82, 2.24) is 14.9 Å². The van der Waals surface area contributed by atoms with Crippen molar-refractivity contribution in [1.29, 1.82) is 0 Å². The van der Waals surface area contributed by atoms with Crippen LogP contribution >= 0.6 is 0 Å². The number of aryl methyl sites for hydroxylation is 2. The Bertz CT molecular complexity index is 453.